The number of piperazine rings is 2. The van der Waals surface area contributed by atoms with E-state index in [0.717, 1.165) is 58.5 Å². The summed E-state index contributed by atoms with van der Waals surface area (Å²) in [6, 6.07) is 22.0. The monoisotopic (exact) mass is 1870 g/mol. The number of nitrogens with zero attached hydrogens (tertiary/aromatic N) is 16. The molecule has 2 fully saturated rings. The first-order chi connectivity index (χ1) is 61.9. The Balaban J connectivity index is 0.000000182. The first kappa shape index (κ1) is 102. The van der Waals surface area contributed by atoms with Crippen LogP contribution in [0.4, 0.5) is 10.6 Å². The summed E-state index contributed by atoms with van der Waals surface area (Å²) >= 11 is 25.7. The lowest BCUT2D eigenvalue weighted by Gasteiger charge is -2.44. The molecule has 2 saturated heterocycles. The predicted molar refractivity (Wildman–Crippen MR) is 518 cm³/mol. The standard InChI is InChI=1S/C32H38BClN7O3.C25H26ClN5O3.C17H17Cl2N5O2.C11H22N2O2.C8H10BO3/c1-17(2)26-29(27(18(3)4)36-16-35-26)41-31-24(12-25(34)28(37-31)23-11-22(44-8)10-9-19(23)5)30(38-32(41)43)39-13-21(7)40(33-15-42)14-20(39)6;1-12(2)19-22(20(13(3)4)28-11-27-19)31-23-17(24(32)30-25(31)33)10-18(26)21(29-23)16-9-15(34-6)8-7-14(16)5;1-7(2)11-13(12(8(3)4)21-6-20-11)24-15-9(16(25)23-17(24)26)5-10(18)14(19)22-15;1-8-7-13(9(2)6-12-8)10(14)15-11(3,4)5;1-6-3-4-7(11-2)5-8(6)12-9-10/h9-12,15-18,20-21H,13-14H2,1-8H3;7-13H,1-6H3,(H,30,32,33);5-8H,1-4H3,(H,23,25,26);8-9,12H,6-7H2,1-5H3;3-5,10H,1-2H3/t20-,21+;;;8-,9+;/m0..0./s1. The fourth-order valence-corrected chi connectivity index (χ4v) is 16.0. The second kappa shape index (κ2) is 43.7. The summed E-state index contributed by atoms with van der Waals surface area (Å²) < 4.78 is 30.3. The zero-order chi connectivity index (χ0) is 96.4. The third-order valence-electron chi connectivity index (χ3n) is 21.9. The molecule has 9 aromatic heterocycles. The van der Waals surface area contributed by atoms with E-state index >= 15 is 0 Å². The molecule has 4 atom stereocenters. The van der Waals surface area contributed by atoms with E-state index in [1.54, 1.807) is 56.7 Å². The molecule has 2 aliphatic rings. The molecule has 0 saturated carbocycles. The summed E-state index contributed by atoms with van der Waals surface area (Å²) in [5.74, 6) is 3.15. The lowest BCUT2D eigenvalue weighted by molar-refractivity contribution is 0.0104. The topological polar surface area (TPSA) is 383 Å². The van der Waals surface area contributed by atoms with Gasteiger partial charge in [-0.3, -0.25) is 19.6 Å². The van der Waals surface area contributed by atoms with E-state index in [1.807, 2.05) is 198 Å². The Morgan fingerprint density at radius 3 is 1.31 bits per heavy atom. The first-order valence-corrected chi connectivity index (χ1v) is 44.6. The largest absolute Gasteiger partial charge is 0.569 e. The number of benzene rings is 3. The molecule has 0 aliphatic carbocycles. The van der Waals surface area contributed by atoms with Crippen molar-refractivity contribution in [3.8, 4) is 62.6 Å². The van der Waals surface area contributed by atoms with Crippen molar-refractivity contribution in [1.29, 1.82) is 0 Å². The van der Waals surface area contributed by atoms with Crippen LogP contribution in [0.25, 0.3) is 72.7 Å². The minimum Gasteiger partial charge on any atom is -0.537 e. The van der Waals surface area contributed by atoms with E-state index in [2.05, 4.69) is 68.9 Å². The zero-order valence-corrected chi connectivity index (χ0v) is 81.5. The van der Waals surface area contributed by atoms with Gasteiger partial charge in [0.05, 0.1) is 121 Å². The fraction of sp³-hybridized carbons (Fsp3) is 0.430. The summed E-state index contributed by atoms with van der Waals surface area (Å²) in [6.45, 7) is 46.4. The summed E-state index contributed by atoms with van der Waals surface area (Å²) in [5.41, 5.74) is 8.60. The molecule has 3 aromatic carbocycles. The number of fused-ring (bicyclic) bond motifs is 3. The van der Waals surface area contributed by atoms with Gasteiger partial charge in [0.1, 0.15) is 58.6 Å². The fourth-order valence-electron chi connectivity index (χ4n) is 15.2. The molecule has 1 amide bonds. The maximum absolute atomic E-state index is 14.3. The van der Waals surface area contributed by atoms with E-state index in [9.17, 15) is 33.6 Å². The molecule has 12 aromatic rings. The quantitative estimate of drug-likeness (QED) is 0.0332. The Labute approximate surface area is 782 Å². The SMILES string of the molecule is CC(C)c1ncnc(C(C)C)c1-n1c(=O)[nH]c(=O)c2cc(Cl)c(Cl)nc21.COc1ccc(C)c(-c2nc3c(cc2Cl)c(=O)[nH]c(=O)n3-c2c(C(C)C)ncnc2C(C)C)c1.COc1ccc(C)c(-c2nc3c(cc2Cl)c(N2C[C@@H](C)N([B]C=O)C[C@@H]2C)nc(=O)n3-c2c(C(C)C)ncnc2C(C)C)c1.COc1ccc(C)c(O[B]O)c1.C[C@@H]1CN[C@@H](C)CN1C(=O)OC(C)(C)C. The van der Waals surface area contributed by atoms with Gasteiger partial charge in [0.15, 0.2) is 16.9 Å². The van der Waals surface area contributed by atoms with Crippen LogP contribution in [0.15, 0.2) is 116 Å². The average Bonchev–Trinajstić information content (AvgIpc) is 0.727. The molecular weight excluding hydrogens is 1750 g/mol. The third-order valence-corrected chi connectivity index (χ3v) is 23.2. The van der Waals surface area contributed by atoms with E-state index in [1.165, 1.54) is 27.9 Å². The average molecular weight is 1870 g/mol. The second-order valence-corrected chi connectivity index (χ2v) is 36.6. The van der Waals surface area contributed by atoms with Gasteiger partial charge in [-0.15, -0.1) is 0 Å². The van der Waals surface area contributed by atoms with Gasteiger partial charge in [-0.2, -0.15) is 4.98 Å². The number of hydrogen-bond donors (Lipinski definition) is 4. The van der Waals surface area contributed by atoms with Crippen molar-refractivity contribution in [2.24, 2.45) is 0 Å². The normalized spacial score (nSPS) is 15.2. The van der Waals surface area contributed by atoms with Gasteiger partial charge in [0.25, 0.3) is 18.5 Å². The second-order valence-electron chi connectivity index (χ2n) is 35.0. The number of anilines is 1. The van der Waals surface area contributed by atoms with Gasteiger partial charge < -0.3 is 53.3 Å². The Morgan fingerprint density at radius 2 is 0.901 bits per heavy atom. The van der Waals surface area contributed by atoms with Crippen molar-refractivity contribution < 1.29 is 38.2 Å². The molecule has 11 heterocycles. The molecule has 692 valence electrons. The third kappa shape index (κ3) is 23.2. The number of ether oxygens (including phenoxy) is 4. The van der Waals surface area contributed by atoms with E-state index in [0.29, 0.717) is 123 Å². The zero-order valence-electron chi connectivity index (χ0n) is 78.5. The molecule has 2 aliphatic heterocycles. The number of pyridine rings is 3. The molecule has 2 radical (unpaired) electrons. The Kier molecular flexibility index (Phi) is 33.9. The maximum atomic E-state index is 14.3. The molecular formula is C93H113B2Cl4N19O13. The van der Waals surface area contributed by atoms with Gasteiger partial charge in [-0.05, 0) is 170 Å². The number of carbonyl (C=O) groups is 2. The van der Waals surface area contributed by atoms with Crippen LogP contribution < -0.4 is 57.3 Å². The van der Waals surface area contributed by atoms with Crippen LogP contribution in [0.3, 0.4) is 0 Å². The summed E-state index contributed by atoms with van der Waals surface area (Å²) in [4.78, 5) is 145. The number of halogens is 4. The van der Waals surface area contributed by atoms with Crippen molar-refractivity contribution in [1.82, 2.24) is 88.5 Å². The smallest absolute Gasteiger partial charge is 0.537 e. The molecule has 32 nitrogen and oxygen atoms in total. The molecule has 14 rings (SSSR count). The van der Waals surface area contributed by atoms with E-state index in [4.69, 9.17) is 90.0 Å². The number of aromatic amines is 2. The van der Waals surface area contributed by atoms with Crippen LogP contribution in [-0.2, 0) is 9.53 Å². The van der Waals surface area contributed by atoms with Gasteiger partial charge >= 0.3 is 30.8 Å². The van der Waals surface area contributed by atoms with Crippen LogP contribution in [0.2, 0.25) is 20.2 Å². The van der Waals surface area contributed by atoms with Crippen molar-refractivity contribution in [2.45, 2.75) is 218 Å². The Morgan fingerprint density at radius 1 is 0.504 bits per heavy atom. The van der Waals surface area contributed by atoms with Crippen molar-refractivity contribution in [2.75, 3.05) is 52.4 Å². The van der Waals surface area contributed by atoms with Crippen molar-refractivity contribution in [3.63, 3.8) is 0 Å². The summed E-state index contributed by atoms with van der Waals surface area (Å²) in [7, 11) is 7.00. The highest BCUT2D eigenvalue weighted by Crippen LogP contribution is 2.41. The maximum Gasteiger partial charge on any atom is 0.569 e. The highest BCUT2D eigenvalue weighted by molar-refractivity contribution is 6.64. The van der Waals surface area contributed by atoms with Gasteiger partial charge in [0.2, 0.25) is 0 Å². The van der Waals surface area contributed by atoms with Crippen LogP contribution in [0, 0.1) is 20.8 Å². The lowest BCUT2D eigenvalue weighted by Crippen LogP contribution is -2.58. The summed E-state index contributed by atoms with van der Waals surface area (Å²) in [6.07, 6.45) is 5.13. The Bertz CT molecular complexity index is 6440. The Hall–Kier alpha value is -11.5. The molecule has 0 bridgehead atoms. The number of hydrogen-bond acceptors (Lipinski definition) is 26. The lowest BCUT2D eigenvalue weighted by atomic mass is 9.89. The highest BCUT2D eigenvalue weighted by Gasteiger charge is 2.36. The van der Waals surface area contributed by atoms with Gasteiger partial charge in [-0.1, -0.05) is 148 Å². The van der Waals surface area contributed by atoms with Crippen LogP contribution in [-0.4, -0.2) is 193 Å². The van der Waals surface area contributed by atoms with Gasteiger partial charge in [-0.25, -0.2) is 77.7 Å². The van der Waals surface area contributed by atoms with Gasteiger partial charge in [0, 0.05) is 67.5 Å². The first-order valence-electron chi connectivity index (χ1n) is 43.1. The van der Waals surface area contributed by atoms with Crippen molar-refractivity contribution >= 4 is 113 Å². The molecule has 4 N–H and O–H groups in total. The van der Waals surface area contributed by atoms with Crippen LogP contribution >= 0.6 is 46.4 Å². The number of amides is 1. The minimum absolute atomic E-state index is 0.00236. The van der Waals surface area contributed by atoms with Crippen LogP contribution in [0.5, 0.6) is 23.0 Å². The van der Waals surface area contributed by atoms with E-state index in [-0.39, 0.29) is 97.0 Å². The number of nitrogens with one attached hydrogen (secondary N) is 3. The summed E-state index contributed by atoms with van der Waals surface area (Å²) in [5, 5.41) is 13.6. The molecule has 0 unspecified atom stereocenters. The predicted octanol–water partition coefficient (Wildman–Crippen LogP) is 15.8. The number of aryl methyl sites for hydroxylation is 3. The number of methoxy groups -OCH3 is 3. The number of aromatic nitrogens is 15. The number of carbonyl (C=O) groups excluding carboxylic acids is 2. The number of H-pyrrole nitrogens is 2. The molecule has 38 heteroatoms. The van der Waals surface area contributed by atoms with Crippen LogP contribution in [0.1, 0.15) is 218 Å². The number of rotatable bonds is 19. The van der Waals surface area contributed by atoms with E-state index < -0.39 is 33.8 Å². The highest BCUT2D eigenvalue weighted by atomic mass is 35.5. The minimum atomic E-state index is -0.632. The molecule has 0 spiro atoms. The van der Waals surface area contributed by atoms with Crippen molar-refractivity contribution in [3.05, 3.63) is 215 Å². The molecule has 131 heavy (non-hydrogen) atoms.